The predicted octanol–water partition coefficient (Wildman–Crippen LogP) is 4.58. The van der Waals surface area contributed by atoms with E-state index in [1.54, 1.807) is 40.3 Å². The summed E-state index contributed by atoms with van der Waals surface area (Å²) >= 11 is 1.41. The molecule has 4 heterocycles. The van der Waals surface area contributed by atoms with Gasteiger partial charge in [0, 0.05) is 56.1 Å². The van der Waals surface area contributed by atoms with Crippen molar-refractivity contribution in [2.75, 3.05) is 57.1 Å². The first-order valence-corrected chi connectivity index (χ1v) is 15.1. The molecule has 1 fully saturated rings. The number of amides is 3. The number of hydrogen-bond acceptors (Lipinski definition) is 9. The van der Waals surface area contributed by atoms with Gasteiger partial charge >= 0.3 is 6.03 Å². The van der Waals surface area contributed by atoms with E-state index in [2.05, 4.69) is 32.3 Å². The molecule has 2 aliphatic heterocycles. The molecule has 0 atom stereocenters. The first-order chi connectivity index (χ1) is 20.5. The average Bonchev–Trinajstić information content (AvgIpc) is 3.42. The fourth-order valence-corrected chi connectivity index (χ4v) is 5.44. The number of aliphatic imine (C=N–C) groups is 1. The number of carbonyl (C=O) groups is 2. The molecule has 1 aliphatic carbocycles. The number of rotatable bonds is 10. The van der Waals surface area contributed by atoms with Crippen LogP contribution in [0.2, 0.25) is 0 Å². The Morgan fingerprint density at radius 2 is 2.10 bits per heavy atom. The van der Waals surface area contributed by atoms with Crippen LogP contribution in [0.1, 0.15) is 41.7 Å². The molecule has 0 spiro atoms. The van der Waals surface area contributed by atoms with E-state index < -0.39 is 6.03 Å². The van der Waals surface area contributed by atoms with Crippen molar-refractivity contribution < 1.29 is 23.8 Å². The van der Waals surface area contributed by atoms with Crippen LogP contribution in [0.25, 0.3) is 0 Å². The summed E-state index contributed by atoms with van der Waals surface area (Å²) < 4.78 is 17.0. The fraction of sp³-hybridized carbons (Fsp3) is 0.400. The first kappa shape index (κ1) is 29.5. The van der Waals surface area contributed by atoms with Gasteiger partial charge in [-0.3, -0.25) is 14.7 Å². The van der Waals surface area contributed by atoms with Crippen molar-refractivity contribution >= 4 is 40.5 Å². The van der Waals surface area contributed by atoms with Crippen LogP contribution in [0, 0.1) is 0 Å². The van der Waals surface area contributed by atoms with Crippen LogP contribution in [0.5, 0.6) is 0 Å². The summed E-state index contributed by atoms with van der Waals surface area (Å²) in [4.78, 5) is 38.6. The molecule has 5 rings (SSSR count). The number of hydrogen-bond donors (Lipinski definition) is 2. The number of nitrogens with zero attached hydrogens (tertiary/aromatic N) is 4. The van der Waals surface area contributed by atoms with E-state index in [0.717, 1.165) is 57.7 Å². The lowest BCUT2D eigenvalue weighted by Gasteiger charge is -2.28. The van der Waals surface area contributed by atoms with Crippen LogP contribution < -0.4 is 11.1 Å². The van der Waals surface area contributed by atoms with Crippen molar-refractivity contribution in [3.05, 3.63) is 76.2 Å². The molecular weight excluding hydrogens is 556 g/mol. The van der Waals surface area contributed by atoms with Gasteiger partial charge in [0.2, 0.25) is 5.90 Å². The molecule has 3 N–H and O–H groups in total. The highest BCUT2D eigenvalue weighted by Gasteiger charge is 2.21. The van der Waals surface area contributed by atoms with Gasteiger partial charge in [-0.2, -0.15) is 4.99 Å². The first-order valence-electron chi connectivity index (χ1n) is 14.1. The molecule has 0 unspecified atom stereocenters. The molecule has 1 saturated heterocycles. The zero-order valence-corrected chi connectivity index (χ0v) is 24.3. The summed E-state index contributed by atoms with van der Waals surface area (Å²) in [7, 11) is 0. The van der Waals surface area contributed by atoms with Crippen LogP contribution in [0.15, 0.2) is 69.9 Å². The second-order valence-corrected chi connectivity index (χ2v) is 11.0. The Bertz CT molecular complexity index is 1360. The second kappa shape index (κ2) is 14.8. The second-order valence-electron chi connectivity index (χ2n) is 10.2. The Labute approximate surface area is 249 Å². The SMILES string of the molecule is Nc1cscc1NC(=O)c1ccc(CN(CCCN2CCOCC2)C(=O)N=C2COC=C(CC3=CC=CCC3)O2)cn1. The Kier molecular flexibility index (Phi) is 10.4. The molecule has 3 aliphatic rings. The number of nitrogen functional groups attached to an aromatic ring is 1. The van der Waals surface area contributed by atoms with Crippen molar-refractivity contribution in [3.8, 4) is 0 Å². The topological polar surface area (TPSA) is 132 Å². The molecule has 222 valence electrons. The van der Waals surface area contributed by atoms with Crippen molar-refractivity contribution in [1.82, 2.24) is 14.8 Å². The number of aromatic nitrogens is 1. The predicted molar refractivity (Wildman–Crippen MR) is 162 cm³/mol. The molecule has 0 bridgehead atoms. The molecule has 12 heteroatoms. The summed E-state index contributed by atoms with van der Waals surface area (Å²) in [5.74, 6) is 0.519. The minimum Gasteiger partial charge on any atom is -0.488 e. The quantitative estimate of drug-likeness (QED) is 0.410. The molecular formula is C30H36N6O5S. The number of urea groups is 1. The van der Waals surface area contributed by atoms with E-state index in [0.29, 0.717) is 30.1 Å². The molecule has 2 aromatic rings. The minimum atomic E-state index is -0.411. The van der Waals surface area contributed by atoms with Gasteiger partial charge < -0.3 is 30.2 Å². The maximum Gasteiger partial charge on any atom is 0.346 e. The summed E-state index contributed by atoms with van der Waals surface area (Å²) in [6.45, 7) is 4.94. The minimum absolute atomic E-state index is 0.0931. The van der Waals surface area contributed by atoms with Gasteiger partial charge in [-0.15, -0.1) is 11.3 Å². The number of nitrogens with one attached hydrogen (secondary N) is 1. The monoisotopic (exact) mass is 592 g/mol. The van der Waals surface area contributed by atoms with Crippen molar-refractivity contribution in [3.63, 3.8) is 0 Å². The van der Waals surface area contributed by atoms with Gasteiger partial charge in [0.15, 0.2) is 6.61 Å². The van der Waals surface area contributed by atoms with Gasteiger partial charge in [-0.1, -0.05) is 29.9 Å². The smallest absolute Gasteiger partial charge is 0.346 e. The Hall–Kier alpha value is -4.00. The standard InChI is InChI=1S/C30H36N6O5S/c31-25-20-42-21-27(25)33-29(37)26-8-7-23(16-32-26)17-36(10-4-9-35-11-13-39-14-12-35)30(38)34-28-19-40-18-24(41-28)15-22-5-2-1-3-6-22/h1-2,5,7-8,16,18,20-21H,3-4,6,9-15,17,19,31H2,(H,33,37). The van der Waals surface area contributed by atoms with Gasteiger partial charge in [0.05, 0.1) is 24.6 Å². The molecule has 0 saturated carbocycles. The van der Waals surface area contributed by atoms with E-state index in [-0.39, 0.29) is 30.7 Å². The summed E-state index contributed by atoms with van der Waals surface area (Å²) in [5.41, 5.74) is 9.22. The molecule has 2 aromatic heterocycles. The molecule has 0 radical (unpaired) electrons. The van der Waals surface area contributed by atoms with E-state index in [9.17, 15) is 9.59 Å². The fourth-order valence-electron chi connectivity index (χ4n) is 4.76. The van der Waals surface area contributed by atoms with Crippen LogP contribution >= 0.6 is 11.3 Å². The average molecular weight is 593 g/mol. The zero-order chi connectivity index (χ0) is 29.1. The lowest BCUT2D eigenvalue weighted by atomic mass is 10.0. The highest BCUT2D eigenvalue weighted by Crippen LogP contribution is 2.24. The highest BCUT2D eigenvalue weighted by atomic mass is 32.1. The lowest BCUT2D eigenvalue weighted by molar-refractivity contribution is 0.0365. The molecule has 11 nitrogen and oxygen atoms in total. The van der Waals surface area contributed by atoms with E-state index in [4.69, 9.17) is 19.9 Å². The van der Waals surface area contributed by atoms with Crippen LogP contribution in [0.4, 0.5) is 16.2 Å². The summed E-state index contributed by atoms with van der Waals surface area (Å²) in [6.07, 6.45) is 12.8. The normalized spacial score (nSPS) is 18.0. The van der Waals surface area contributed by atoms with Crippen LogP contribution in [-0.4, -0.2) is 78.6 Å². The maximum atomic E-state index is 13.4. The van der Waals surface area contributed by atoms with Crippen LogP contribution in [0.3, 0.4) is 0 Å². The number of morpholine rings is 1. The van der Waals surface area contributed by atoms with Gasteiger partial charge in [0.25, 0.3) is 5.91 Å². The summed E-state index contributed by atoms with van der Waals surface area (Å²) in [6, 6.07) is 3.02. The summed E-state index contributed by atoms with van der Waals surface area (Å²) in [5, 5.41) is 6.30. The molecule has 0 aromatic carbocycles. The third kappa shape index (κ3) is 8.51. The lowest BCUT2D eigenvalue weighted by Crippen LogP contribution is -2.38. The van der Waals surface area contributed by atoms with Crippen LogP contribution in [-0.2, 0) is 20.8 Å². The third-order valence-electron chi connectivity index (χ3n) is 7.04. The van der Waals surface area contributed by atoms with Crippen molar-refractivity contribution in [2.24, 2.45) is 4.99 Å². The maximum absolute atomic E-state index is 13.4. The largest absolute Gasteiger partial charge is 0.488 e. The van der Waals surface area contributed by atoms with Crippen molar-refractivity contribution in [1.29, 1.82) is 0 Å². The Morgan fingerprint density at radius 3 is 2.83 bits per heavy atom. The Morgan fingerprint density at radius 1 is 1.21 bits per heavy atom. The number of thiophene rings is 1. The van der Waals surface area contributed by atoms with Gasteiger partial charge in [0.1, 0.15) is 17.7 Å². The van der Waals surface area contributed by atoms with E-state index in [1.165, 1.54) is 16.9 Å². The van der Waals surface area contributed by atoms with Crippen molar-refractivity contribution in [2.45, 2.75) is 32.2 Å². The molecule has 42 heavy (non-hydrogen) atoms. The van der Waals surface area contributed by atoms with E-state index in [1.807, 2.05) is 6.08 Å². The van der Waals surface area contributed by atoms with E-state index >= 15 is 0 Å². The van der Waals surface area contributed by atoms with Gasteiger partial charge in [-0.25, -0.2) is 4.79 Å². The number of nitrogens with two attached hydrogens (primary N) is 1. The molecule has 3 amide bonds. The van der Waals surface area contributed by atoms with Gasteiger partial charge in [-0.05, 0) is 30.9 Å². The third-order valence-corrected chi connectivity index (χ3v) is 7.80. The number of carbonyl (C=O) groups excluding carboxylic acids is 2. The number of pyridine rings is 1. The highest BCUT2D eigenvalue weighted by molar-refractivity contribution is 7.09. The Balaban J connectivity index is 1.23. The zero-order valence-electron chi connectivity index (χ0n) is 23.5. The number of anilines is 2. The number of ether oxygens (including phenoxy) is 3. The number of allylic oxidation sites excluding steroid dienone is 4.